The SMILES string of the molecule is c1ccc2c(c1)ccc1c2c2ccc3ccccc3c2c2c3cccc(-c4cccc5c4ccc4c6ccc7ccccc7c6n6cc7ccccc7c6c54)c3cn12. The van der Waals surface area contributed by atoms with Crippen LogP contribution in [0.15, 0.2) is 194 Å². The summed E-state index contributed by atoms with van der Waals surface area (Å²) < 4.78 is 4.96. The summed E-state index contributed by atoms with van der Waals surface area (Å²) in [5.41, 5.74) is 7.51. The van der Waals surface area contributed by atoms with Crippen LogP contribution in [0.1, 0.15) is 0 Å². The zero-order valence-electron chi connectivity index (χ0n) is 31.4. The largest absolute Gasteiger partial charge is 0.315 e. The smallest absolute Gasteiger partial charge is 0.0620 e. The highest BCUT2D eigenvalue weighted by atomic mass is 14.9. The molecule has 4 aromatic heterocycles. The van der Waals surface area contributed by atoms with Gasteiger partial charge in [0, 0.05) is 60.9 Å². The normalized spacial score (nSPS) is 12.5. The molecule has 10 aromatic carbocycles. The summed E-state index contributed by atoms with van der Waals surface area (Å²) in [4.78, 5) is 0. The second-order valence-corrected chi connectivity index (χ2v) is 16.0. The van der Waals surface area contributed by atoms with Crippen LogP contribution in [0.2, 0.25) is 0 Å². The van der Waals surface area contributed by atoms with Crippen LogP contribution in [0.5, 0.6) is 0 Å². The average Bonchev–Trinajstić information content (AvgIpc) is 3.88. The number of pyridine rings is 2. The number of hydrogen-bond donors (Lipinski definition) is 0. The minimum atomic E-state index is 1.23. The lowest BCUT2D eigenvalue weighted by Gasteiger charge is -2.16. The van der Waals surface area contributed by atoms with Gasteiger partial charge in [0.25, 0.3) is 0 Å². The highest BCUT2D eigenvalue weighted by Gasteiger charge is 2.21. The maximum atomic E-state index is 2.48. The summed E-state index contributed by atoms with van der Waals surface area (Å²) in [5, 5.41) is 23.0. The molecule has 0 fully saturated rings. The molecule has 0 amide bonds. The van der Waals surface area contributed by atoms with Gasteiger partial charge in [-0.3, -0.25) is 0 Å². The Labute approximate surface area is 332 Å². The van der Waals surface area contributed by atoms with Gasteiger partial charge in [-0.1, -0.05) is 176 Å². The summed E-state index contributed by atoms with van der Waals surface area (Å²) in [6, 6.07) is 67.8. The van der Waals surface area contributed by atoms with Crippen LogP contribution in [0, 0.1) is 0 Å². The lowest BCUT2D eigenvalue weighted by Crippen LogP contribution is -1.93. The molecular weight excluding hydrogens is 701 g/mol. The topological polar surface area (TPSA) is 8.82 Å². The Morgan fingerprint density at radius 2 is 0.690 bits per heavy atom. The molecule has 2 nitrogen and oxygen atoms in total. The predicted octanol–water partition coefficient (Wildman–Crippen LogP) is 15.4. The Morgan fingerprint density at radius 1 is 0.224 bits per heavy atom. The quantitative estimate of drug-likeness (QED) is 0.149. The van der Waals surface area contributed by atoms with Crippen LogP contribution in [-0.4, -0.2) is 8.80 Å². The Bertz CT molecular complexity index is 4140. The van der Waals surface area contributed by atoms with Gasteiger partial charge in [0.15, 0.2) is 0 Å². The zero-order valence-corrected chi connectivity index (χ0v) is 31.4. The number of rotatable bonds is 1. The molecule has 0 aliphatic rings. The first-order valence-corrected chi connectivity index (χ1v) is 20.2. The second kappa shape index (κ2) is 11.0. The summed E-state index contributed by atoms with van der Waals surface area (Å²) in [5.74, 6) is 0. The van der Waals surface area contributed by atoms with E-state index in [1.54, 1.807) is 0 Å². The Balaban J connectivity index is 1.14. The van der Waals surface area contributed by atoms with E-state index in [2.05, 4.69) is 203 Å². The van der Waals surface area contributed by atoms with Crippen LogP contribution in [0.3, 0.4) is 0 Å². The van der Waals surface area contributed by atoms with Crippen molar-refractivity contribution in [3.8, 4) is 11.1 Å². The van der Waals surface area contributed by atoms with Gasteiger partial charge in [-0.2, -0.15) is 0 Å². The van der Waals surface area contributed by atoms with E-state index in [4.69, 9.17) is 0 Å². The number of nitrogens with zero attached hydrogens (tertiary/aromatic N) is 2. The van der Waals surface area contributed by atoms with E-state index in [0.717, 1.165) is 0 Å². The Kier molecular flexibility index (Phi) is 5.79. The maximum Gasteiger partial charge on any atom is 0.0620 e. The van der Waals surface area contributed by atoms with Crippen molar-refractivity contribution in [2.24, 2.45) is 0 Å². The highest BCUT2D eigenvalue weighted by molar-refractivity contribution is 6.34. The fourth-order valence-corrected chi connectivity index (χ4v) is 10.8. The first kappa shape index (κ1) is 30.5. The molecule has 2 heteroatoms. The summed E-state index contributed by atoms with van der Waals surface area (Å²) in [6.45, 7) is 0. The number of fused-ring (bicyclic) bond motifs is 24. The number of benzene rings is 10. The molecule has 58 heavy (non-hydrogen) atoms. The van der Waals surface area contributed by atoms with E-state index in [1.165, 1.54) is 130 Å². The Hall–Kier alpha value is -7.68. The number of aromatic nitrogens is 2. The van der Waals surface area contributed by atoms with Gasteiger partial charge in [-0.05, 0) is 65.7 Å². The molecule has 0 radical (unpaired) electrons. The van der Waals surface area contributed by atoms with Crippen LogP contribution in [-0.2, 0) is 0 Å². The lowest BCUT2D eigenvalue weighted by molar-refractivity contribution is 1.30. The molecule has 0 saturated carbocycles. The van der Waals surface area contributed by atoms with Crippen molar-refractivity contribution in [3.63, 3.8) is 0 Å². The van der Waals surface area contributed by atoms with Crippen molar-refractivity contribution in [2.75, 3.05) is 0 Å². The Morgan fingerprint density at radius 3 is 1.45 bits per heavy atom. The van der Waals surface area contributed by atoms with Gasteiger partial charge in [0.2, 0.25) is 0 Å². The lowest BCUT2D eigenvalue weighted by atomic mass is 9.90. The van der Waals surface area contributed by atoms with Crippen molar-refractivity contribution < 1.29 is 0 Å². The molecule has 0 aliphatic carbocycles. The van der Waals surface area contributed by atoms with E-state index < -0.39 is 0 Å². The van der Waals surface area contributed by atoms with E-state index >= 15 is 0 Å². The molecule has 0 N–H and O–H groups in total. The monoisotopic (exact) mass is 732 g/mol. The summed E-state index contributed by atoms with van der Waals surface area (Å²) in [7, 11) is 0. The van der Waals surface area contributed by atoms with E-state index in [9.17, 15) is 0 Å². The second-order valence-electron chi connectivity index (χ2n) is 16.0. The minimum Gasteiger partial charge on any atom is -0.315 e. The van der Waals surface area contributed by atoms with Crippen LogP contribution in [0.25, 0.3) is 130 Å². The molecular formula is C56H32N2. The molecule has 4 heterocycles. The van der Waals surface area contributed by atoms with Gasteiger partial charge in [-0.15, -0.1) is 0 Å². The molecule has 0 saturated heterocycles. The van der Waals surface area contributed by atoms with Crippen molar-refractivity contribution in [2.45, 2.75) is 0 Å². The van der Waals surface area contributed by atoms with Crippen molar-refractivity contribution in [1.29, 1.82) is 0 Å². The first-order valence-electron chi connectivity index (χ1n) is 20.2. The zero-order chi connectivity index (χ0) is 37.6. The van der Waals surface area contributed by atoms with Crippen LogP contribution in [0.4, 0.5) is 0 Å². The molecule has 0 aliphatic heterocycles. The minimum absolute atomic E-state index is 1.23. The third-order valence-electron chi connectivity index (χ3n) is 13.2. The van der Waals surface area contributed by atoms with Crippen molar-refractivity contribution in [1.82, 2.24) is 8.80 Å². The van der Waals surface area contributed by atoms with Crippen LogP contribution < -0.4 is 0 Å². The third kappa shape index (κ3) is 3.82. The summed E-state index contributed by atoms with van der Waals surface area (Å²) >= 11 is 0. The van der Waals surface area contributed by atoms with Gasteiger partial charge in [0.05, 0.1) is 22.1 Å². The molecule has 0 spiro atoms. The molecule has 0 atom stereocenters. The summed E-state index contributed by atoms with van der Waals surface area (Å²) in [6.07, 6.45) is 4.76. The fourth-order valence-electron chi connectivity index (χ4n) is 10.8. The molecule has 0 bridgehead atoms. The molecule has 0 unspecified atom stereocenters. The number of hydrogen-bond acceptors (Lipinski definition) is 0. The fraction of sp³-hybridized carbons (Fsp3) is 0. The van der Waals surface area contributed by atoms with Gasteiger partial charge in [0.1, 0.15) is 0 Å². The predicted molar refractivity (Wildman–Crippen MR) is 249 cm³/mol. The van der Waals surface area contributed by atoms with E-state index in [-0.39, 0.29) is 0 Å². The average molecular weight is 733 g/mol. The molecule has 266 valence electrons. The molecule has 14 rings (SSSR count). The van der Waals surface area contributed by atoms with Crippen molar-refractivity contribution in [3.05, 3.63) is 194 Å². The van der Waals surface area contributed by atoms with Crippen LogP contribution >= 0.6 is 0 Å². The van der Waals surface area contributed by atoms with Gasteiger partial charge in [-0.25, -0.2) is 0 Å². The van der Waals surface area contributed by atoms with Gasteiger partial charge >= 0.3 is 0 Å². The molecule has 14 aromatic rings. The standard InChI is InChI=1S/C56H32N2/c1-5-15-37-34(12-1)25-30-50-51(37)48-27-24-33-11-2-6-16-38(33)52(48)56-46-22-10-20-42(49(46)32-57(50)56)41-19-9-21-44-43(41)28-29-45-47-26-23-35-13-3-7-17-39(35)54(47)58-31-36-14-4-8-18-40(36)55(58)53(44)45/h1-32H. The van der Waals surface area contributed by atoms with E-state index in [0.29, 0.717) is 0 Å². The first-order chi connectivity index (χ1) is 28.8. The highest BCUT2D eigenvalue weighted by Crippen LogP contribution is 2.46. The van der Waals surface area contributed by atoms with E-state index in [1.807, 2.05) is 0 Å². The third-order valence-corrected chi connectivity index (χ3v) is 13.2. The van der Waals surface area contributed by atoms with Gasteiger partial charge < -0.3 is 8.80 Å². The van der Waals surface area contributed by atoms with Crippen molar-refractivity contribution >= 4 is 119 Å². The maximum absolute atomic E-state index is 2.48.